The molecule has 4 atom stereocenters. The van der Waals surface area contributed by atoms with Gasteiger partial charge in [-0.25, -0.2) is 0 Å². The number of likely N-dealkylation sites (N-methyl/N-ethyl adjacent to an activating group) is 1. The summed E-state index contributed by atoms with van der Waals surface area (Å²) in [6.45, 7) is 9.68. The van der Waals surface area contributed by atoms with Crippen LogP contribution in [-0.4, -0.2) is 93.7 Å². The first-order valence-electron chi connectivity index (χ1n) is 13.3. The molecular weight excluding hydrogens is 440 g/mol. The smallest absolute Gasteiger partial charge is 0.272 e. The van der Waals surface area contributed by atoms with Crippen LogP contribution in [0.3, 0.4) is 0 Å². The molecule has 2 aromatic rings. The third kappa shape index (κ3) is 4.83. The van der Waals surface area contributed by atoms with Crippen LogP contribution in [0.4, 0.5) is 0 Å². The molecule has 2 bridgehead atoms. The number of likely N-dealkylation sites (tertiary alicyclic amines) is 1. The van der Waals surface area contributed by atoms with Crippen LogP contribution in [0.25, 0.3) is 10.9 Å². The van der Waals surface area contributed by atoms with Gasteiger partial charge in [-0.1, -0.05) is 18.2 Å². The van der Waals surface area contributed by atoms with Crippen molar-refractivity contribution in [3.8, 4) is 0 Å². The summed E-state index contributed by atoms with van der Waals surface area (Å²) in [6.07, 6.45) is 5.52. The summed E-state index contributed by atoms with van der Waals surface area (Å²) >= 11 is 0. The molecule has 3 saturated heterocycles. The zero-order chi connectivity index (χ0) is 24.7. The molecule has 8 heteroatoms. The lowest BCUT2D eigenvalue weighted by atomic mass is 9.97. The quantitative estimate of drug-likeness (QED) is 0.660. The number of hydrogen-bond acceptors (Lipinski definition) is 5. The van der Waals surface area contributed by atoms with E-state index in [2.05, 4.69) is 41.1 Å². The van der Waals surface area contributed by atoms with E-state index in [4.69, 9.17) is 0 Å². The fourth-order valence-corrected chi connectivity index (χ4v) is 6.50. The summed E-state index contributed by atoms with van der Waals surface area (Å²) < 4.78 is 1.95. The van der Waals surface area contributed by atoms with Crippen LogP contribution in [0.15, 0.2) is 24.3 Å². The molecule has 3 aliphatic heterocycles. The van der Waals surface area contributed by atoms with Gasteiger partial charge >= 0.3 is 0 Å². The second-order valence-corrected chi connectivity index (χ2v) is 11.1. The number of nitrogens with one attached hydrogen (secondary N) is 1. The number of amides is 2. The number of aromatic nitrogens is 2. The van der Waals surface area contributed by atoms with E-state index in [1.54, 1.807) is 6.92 Å². The van der Waals surface area contributed by atoms with Crippen LogP contribution in [0, 0.1) is 0 Å². The van der Waals surface area contributed by atoms with Crippen molar-refractivity contribution in [1.82, 2.24) is 29.8 Å². The summed E-state index contributed by atoms with van der Waals surface area (Å²) in [5.41, 5.74) is 1.56. The Morgan fingerprint density at radius 3 is 2.51 bits per heavy atom. The Balaban J connectivity index is 1.17. The Morgan fingerprint density at radius 2 is 1.86 bits per heavy atom. The lowest BCUT2D eigenvalue weighted by Crippen LogP contribution is -2.52. The number of benzene rings is 1. The van der Waals surface area contributed by atoms with Gasteiger partial charge in [0.25, 0.3) is 5.91 Å². The van der Waals surface area contributed by atoms with E-state index in [1.165, 1.54) is 12.8 Å². The number of para-hydroxylation sites is 1. The molecule has 1 unspecified atom stereocenters. The molecule has 1 aromatic carbocycles. The summed E-state index contributed by atoms with van der Waals surface area (Å²) in [6, 6.07) is 9.96. The molecule has 1 aromatic heterocycles. The number of nitrogens with zero attached hydrogens (tertiary/aromatic N) is 5. The summed E-state index contributed by atoms with van der Waals surface area (Å²) in [5, 5.41) is 8.95. The molecule has 2 amide bonds. The molecule has 190 valence electrons. The SMILES string of the molecule is CC(=O)N1CCC(N(C)CCN2[C@@H]3CC[C@H]2C[C@H](NC(=O)c2nn(C(C)C)c4ccccc24)C3)C1. The van der Waals surface area contributed by atoms with Crippen LogP contribution in [-0.2, 0) is 4.79 Å². The standard InChI is InChI=1S/C27H40N6O2/c1-18(2)33-25-8-6-5-7-24(25)26(29-33)27(35)28-20-15-21-9-10-22(16-20)32(21)14-13-30(4)23-11-12-31(17-23)19(3)34/h5-8,18,20-23H,9-17H2,1-4H3,(H,28,35)/t20-,21-,22+,23?. The van der Waals surface area contributed by atoms with Gasteiger partial charge in [-0.15, -0.1) is 0 Å². The van der Waals surface area contributed by atoms with Crippen molar-refractivity contribution in [2.75, 3.05) is 33.2 Å². The fraction of sp³-hybridized carbons (Fsp3) is 0.667. The average Bonchev–Trinajstić information content (AvgIpc) is 3.52. The zero-order valence-electron chi connectivity index (χ0n) is 21.6. The predicted molar refractivity (Wildman–Crippen MR) is 137 cm³/mol. The van der Waals surface area contributed by atoms with E-state index in [0.717, 1.165) is 56.3 Å². The third-order valence-electron chi connectivity index (χ3n) is 8.48. The van der Waals surface area contributed by atoms with E-state index in [1.807, 2.05) is 33.8 Å². The van der Waals surface area contributed by atoms with Gasteiger partial charge in [-0.3, -0.25) is 19.2 Å². The van der Waals surface area contributed by atoms with Gasteiger partial charge in [0.1, 0.15) is 0 Å². The highest BCUT2D eigenvalue weighted by Gasteiger charge is 2.41. The minimum atomic E-state index is -0.0468. The molecule has 4 heterocycles. The normalized spacial score (nSPS) is 26.9. The Kier molecular flexibility index (Phi) is 6.86. The van der Waals surface area contributed by atoms with Crippen LogP contribution in [0.1, 0.15) is 69.4 Å². The lowest BCUT2D eigenvalue weighted by Gasteiger charge is -2.40. The maximum atomic E-state index is 13.3. The largest absolute Gasteiger partial charge is 0.348 e. The third-order valence-corrected chi connectivity index (χ3v) is 8.48. The monoisotopic (exact) mass is 480 g/mol. The van der Waals surface area contributed by atoms with Crippen molar-refractivity contribution in [3.63, 3.8) is 0 Å². The van der Waals surface area contributed by atoms with E-state index in [0.29, 0.717) is 23.8 Å². The minimum Gasteiger partial charge on any atom is -0.348 e. The Morgan fingerprint density at radius 1 is 1.14 bits per heavy atom. The highest BCUT2D eigenvalue weighted by Crippen LogP contribution is 2.36. The topological polar surface area (TPSA) is 73.7 Å². The van der Waals surface area contributed by atoms with Crippen molar-refractivity contribution in [2.24, 2.45) is 0 Å². The predicted octanol–water partition coefficient (Wildman–Crippen LogP) is 2.90. The van der Waals surface area contributed by atoms with E-state index < -0.39 is 0 Å². The Hall–Kier alpha value is -2.45. The van der Waals surface area contributed by atoms with Crippen molar-refractivity contribution in [1.29, 1.82) is 0 Å². The molecule has 0 spiro atoms. The first kappa shape index (κ1) is 24.3. The molecule has 0 aliphatic carbocycles. The number of rotatable bonds is 7. The van der Waals surface area contributed by atoms with Crippen LogP contribution >= 0.6 is 0 Å². The number of piperidine rings is 1. The maximum Gasteiger partial charge on any atom is 0.272 e. The number of hydrogen-bond donors (Lipinski definition) is 1. The summed E-state index contributed by atoms with van der Waals surface area (Å²) in [7, 11) is 2.20. The van der Waals surface area contributed by atoms with Gasteiger partial charge < -0.3 is 15.1 Å². The highest BCUT2D eigenvalue weighted by molar-refractivity contribution is 6.05. The Bertz CT molecular complexity index is 1070. The van der Waals surface area contributed by atoms with E-state index in [9.17, 15) is 9.59 Å². The van der Waals surface area contributed by atoms with Crippen molar-refractivity contribution in [2.45, 2.75) is 83.1 Å². The second-order valence-electron chi connectivity index (χ2n) is 11.1. The summed E-state index contributed by atoms with van der Waals surface area (Å²) in [4.78, 5) is 32.0. The molecule has 35 heavy (non-hydrogen) atoms. The molecule has 3 aliphatic rings. The number of carbonyl (C=O) groups is 2. The maximum absolute atomic E-state index is 13.3. The second kappa shape index (κ2) is 9.90. The molecule has 5 rings (SSSR count). The van der Waals surface area contributed by atoms with Gasteiger partial charge in [0, 0.05) is 68.7 Å². The molecule has 0 radical (unpaired) electrons. The van der Waals surface area contributed by atoms with Crippen molar-refractivity contribution < 1.29 is 9.59 Å². The molecular formula is C27H40N6O2. The van der Waals surface area contributed by atoms with Crippen LogP contribution in [0.2, 0.25) is 0 Å². The van der Waals surface area contributed by atoms with Crippen LogP contribution < -0.4 is 5.32 Å². The minimum absolute atomic E-state index is 0.0468. The number of fused-ring (bicyclic) bond motifs is 3. The highest BCUT2D eigenvalue weighted by atomic mass is 16.2. The van der Waals surface area contributed by atoms with Crippen molar-refractivity contribution in [3.05, 3.63) is 30.0 Å². The number of carbonyl (C=O) groups excluding carboxylic acids is 2. The zero-order valence-corrected chi connectivity index (χ0v) is 21.6. The molecule has 3 fully saturated rings. The van der Waals surface area contributed by atoms with Gasteiger partial charge in [-0.2, -0.15) is 5.10 Å². The first-order valence-corrected chi connectivity index (χ1v) is 13.3. The fourth-order valence-electron chi connectivity index (χ4n) is 6.50. The van der Waals surface area contributed by atoms with E-state index in [-0.39, 0.29) is 23.9 Å². The first-order chi connectivity index (χ1) is 16.8. The molecule has 0 saturated carbocycles. The van der Waals surface area contributed by atoms with E-state index >= 15 is 0 Å². The average molecular weight is 481 g/mol. The summed E-state index contributed by atoms with van der Waals surface area (Å²) in [5.74, 6) is 0.140. The van der Waals surface area contributed by atoms with Gasteiger partial charge in [0.15, 0.2) is 5.69 Å². The van der Waals surface area contributed by atoms with Crippen LogP contribution in [0.5, 0.6) is 0 Å². The lowest BCUT2D eigenvalue weighted by molar-refractivity contribution is -0.127. The Labute approximate surface area is 208 Å². The van der Waals surface area contributed by atoms with Gasteiger partial charge in [-0.05, 0) is 59.1 Å². The molecule has 8 nitrogen and oxygen atoms in total. The van der Waals surface area contributed by atoms with Crippen molar-refractivity contribution >= 4 is 22.7 Å². The molecule has 1 N–H and O–H groups in total. The van der Waals surface area contributed by atoms with Gasteiger partial charge in [0.2, 0.25) is 5.91 Å². The van der Waals surface area contributed by atoms with Gasteiger partial charge in [0.05, 0.1) is 5.52 Å².